The average molecular weight is 326 g/mol. The zero-order valence-corrected chi connectivity index (χ0v) is 13.8. The van der Waals surface area contributed by atoms with Crippen molar-refractivity contribution in [2.45, 2.75) is 24.8 Å². The van der Waals surface area contributed by atoms with Crippen LogP contribution in [0.5, 0.6) is 0 Å². The van der Waals surface area contributed by atoms with Crippen LogP contribution in [0.15, 0.2) is 73.3 Å². The van der Waals surface area contributed by atoms with E-state index in [0.717, 1.165) is 29.8 Å². The van der Waals surface area contributed by atoms with E-state index in [4.69, 9.17) is 0 Å². The van der Waals surface area contributed by atoms with Gasteiger partial charge in [-0.15, -0.1) is 0 Å². The average Bonchev–Trinajstić information content (AvgIpc) is 3.38. The van der Waals surface area contributed by atoms with Crippen molar-refractivity contribution >= 4 is 11.2 Å². The molecule has 0 amide bonds. The van der Waals surface area contributed by atoms with E-state index in [1.807, 2.05) is 12.4 Å². The van der Waals surface area contributed by atoms with Crippen molar-refractivity contribution in [2.75, 3.05) is 0 Å². The SMILES string of the molecule is c1ccc(Cn2cnc3c([C@@H]4C[C@H]4c4ccccc4)ncnc32)cc1. The highest BCUT2D eigenvalue weighted by Crippen LogP contribution is 2.54. The number of benzene rings is 2. The van der Waals surface area contributed by atoms with E-state index in [1.165, 1.54) is 11.1 Å². The van der Waals surface area contributed by atoms with Crippen molar-refractivity contribution in [2.24, 2.45) is 0 Å². The Labute approximate surface area is 146 Å². The number of aromatic nitrogens is 4. The molecule has 0 bridgehead atoms. The molecule has 4 heteroatoms. The van der Waals surface area contributed by atoms with Crippen LogP contribution in [0.2, 0.25) is 0 Å². The molecule has 2 aromatic carbocycles. The van der Waals surface area contributed by atoms with Crippen LogP contribution in [0.1, 0.15) is 35.1 Å². The number of hydrogen-bond acceptors (Lipinski definition) is 3. The Hall–Kier alpha value is -3.01. The minimum atomic E-state index is 0.452. The molecule has 0 unspecified atom stereocenters. The van der Waals surface area contributed by atoms with E-state index >= 15 is 0 Å². The summed E-state index contributed by atoms with van der Waals surface area (Å²) in [5, 5.41) is 0. The van der Waals surface area contributed by atoms with Gasteiger partial charge in [-0.05, 0) is 23.5 Å². The molecule has 0 N–H and O–H groups in total. The standard InChI is InChI=1S/C21H18N4/c1-3-7-15(8-4-1)12-25-14-24-20-19(22-13-23-21(20)25)18-11-17(18)16-9-5-2-6-10-16/h1-10,13-14,17-18H,11-12H2/t17-,18+/m0/s1. The Bertz CT molecular complexity index is 1010. The zero-order chi connectivity index (χ0) is 16.6. The third kappa shape index (κ3) is 2.60. The number of fused-ring (bicyclic) bond motifs is 1. The minimum absolute atomic E-state index is 0.452. The van der Waals surface area contributed by atoms with Gasteiger partial charge in [0.1, 0.15) is 11.8 Å². The fourth-order valence-corrected chi connectivity index (χ4v) is 3.63. The Kier molecular flexibility index (Phi) is 3.33. The van der Waals surface area contributed by atoms with E-state index < -0.39 is 0 Å². The molecule has 2 aromatic heterocycles. The molecular weight excluding hydrogens is 308 g/mol. The van der Waals surface area contributed by atoms with Gasteiger partial charge in [-0.2, -0.15) is 0 Å². The van der Waals surface area contributed by atoms with Gasteiger partial charge in [-0.3, -0.25) is 0 Å². The van der Waals surface area contributed by atoms with Gasteiger partial charge in [0, 0.05) is 5.92 Å². The quantitative estimate of drug-likeness (QED) is 0.566. The summed E-state index contributed by atoms with van der Waals surface area (Å²) in [4.78, 5) is 13.7. The number of imidazole rings is 1. The maximum Gasteiger partial charge on any atom is 0.163 e. The molecule has 0 spiro atoms. The smallest absolute Gasteiger partial charge is 0.163 e. The molecular formula is C21H18N4. The number of nitrogens with zero attached hydrogens (tertiary/aromatic N) is 4. The van der Waals surface area contributed by atoms with Crippen molar-refractivity contribution in [3.63, 3.8) is 0 Å². The summed E-state index contributed by atoms with van der Waals surface area (Å²) in [6.45, 7) is 0.778. The largest absolute Gasteiger partial charge is 0.311 e. The summed E-state index contributed by atoms with van der Waals surface area (Å²) in [6.07, 6.45) is 4.71. The van der Waals surface area contributed by atoms with Crippen LogP contribution in [0, 0.1) is 0 Å². The first-order chi connectivity index (χ1) is 12.4. The second-order valence-electron chi connectivity index (χ2n) is 6.65. The second kappa shape index (κ2) is 5.81. The summed E-state index contributed by atoms with van der Waals surface area (Å²) in [6, 6.07) is 21.1. The van der Waals surface area contributed by atoms with Gasteiger partial charge in [-0.1, -0.05) is 60.7 Å². The van der Waals surface area contributed by atoms with E-state index in [-0.39, 0.29) is 0 Å². The van der Waals surface area contributed by atoms with Gasteiger partial charge >= 0.3 is 0 Å². The lowest BCUT2D eigenvalue weighted by molar-refractivity contribution is 0.812. The van der Waals surface area contributed by atoms with Crippen molar-refractivity contribution in [1.29, 1.82) is 0 Å². The molecule has 5 rings (SSSR count). The molecule has 1 aliphatic rings. The first kappa shape index (κ1) is 14.3. The summed E-state index contributed by atoms with van der Waals surface area (Å²) >= 11 is 0. The van der Waals surface area contributed by atoms with E-state index in [2.05, 4.69) is 74.1 Å². The summed E-state index contributed by atoms with van der Waals surface area (Å²) in [5.41, 5.74) is 5.60. The monoisotopic (exact) mass is 326 g/mol. The van der Waals surface area contributed by atoms with Crippen molar-refractivity contribution in [3.05, 3.63) is 90.1 Å². The lowest BCUT2D eigenvalue weighted by Crippen LogP contribution is -2.00. The van der Waals surface area contributed by atoms with Crippen LogP contribution >= 0.6 is 0 Å². The molecule has 1 aliphatic carbocycles. The third-order valence-corrected chi connectivity index (χ3v) is 4.99. The van der Waals surface area contributed by atoms with Crippen LogP contribution in [0.25, 0.3) is 11.2 Å². The van der Waals surface area contributed by atoms with E-state index in [0.29, 0.717) is 11.8 Å². The molecule has 122 valence electrons. The Morgan fingerprint density at radius 3 is 2.40 bits per heavy atom. The van der Waals surface area contributed by atoms with Gasteiger partial charge in [-0.25, -0.2) is 15.0 Å². The van der Waals surface area contributed by atoms with E-state index in [9.17, 15) is 0 Å². The highest BCUT2D eigenvalue weighted by molar-refractivity contribution is 5.74. The lowest BCUT2D eigenvalue weighted by Gasteiger charge is -2.05. The minimum Gasteiger partial charge on any atom is -0.311 e. The van der Waals surface area contributed by atoms with Crippen LogP contribution in [-0.4, -0.2) is 19.5 Å². The molecule has 2 atom stereocenters. The molecule has 2 heterocycles. The first-order valence-corrected chi connectivity index (χ1v) is 8.65. The van der Waals surface area contributed by atoms with Crippen molar-refractivity contribution in [3.8, 4) is 0 Å². The third-order valence-electron chi connectivity index (χ3n) is 4.99. The fraction of sp³-hybridized carbons (Fsp3) is 0.190. The lowest BCUT2D eigenvalue weighted by atomic mass is 10.1. The van der Waals surface area contributed by atoms with Crippen LogP contribution in [0.3, 0.4) is 0 Å². The van der Waals surface area contributed by atoms with E-state index in [1.54, 1.807) is 6.33 Å². The molecule has 0 saturated heterocycles. The number of rotatable bonds is 4. The molecule has 25 heavy (non-hydrogen) atoms. The Morgan fingerprint density at radius 2 is 1.60 bits per heavy atom. The molecule has 0 aliphatic heterocycles. The van der Waals surface area contributed by atoms with Gasteiger partial charge in [0.15, 0.2) is 5.65 Å². The summed E-state index contributed by atoms with van der Waals surface area (Å²) < 4.78 is 2.11. The molecule has 1 fully saturated rings. The van der Waals surface area contributed by atoms with Gasteiger partial charge in [0.2, 0.25) is 0 Å². The summed E-state index contributed by atoms with van der Waals surface area (Å²) in [5.74, 6) is 1.01. The second-order valence-corrected chi connectivity index (χ2v) is 6.65. The van der Waals surface area contributed by atoms with Crippen LogP contribution in [0.4, 0.5) is 0 Å². The fourth-order valence-electron chi connectivity index (χ4n) is 3.63. The molecule has 1 saturated carbocycles. The predicted octanol–water partition coefficient (Wildman–Crippen LogP) is 4.15. The van der Waals surface area contributed by atoms with Crippen molar-refractivity contribution < 1.29 is 0 Å². The summed E-state index contributed by atoms with van der Waals surface area (Å²) in [7, 11) is 0. The zero-order valence-electron chi connectivity index (χ0n) is 13.8. The van der Waals surface area contributed by atoms with Gasteiger partial charge in [0.25, 0.3) is 0 Å². The van der Waals surface area contributed by atoms with Gasteiger partial charge < -0.3 is 4.57 Å². The molecule has 4 nitrogen and oxygen atoms in total. The topological polar surface area (TPSA) is 43.6 Å². The van der Waals surface area contributed by atoms with Crippen molar-refractivity contribution in [1.82, 2.24) is 19.5 Å². The molecule has 0 radical (unpaired) electrons. The highest BCUT2D eigenvalue weighted by atomic mass is 15.1. The Morgan fingerprint density at radius 1 is 0.840 bits per heavy atom. The van der Waals surface area contributed by atoms with Gasteiger partial charge in [0.05, 0.1) is 18.6 Å². The normalized spacial score (nSPS) is 19.2. The predicted molar refractivity (Wildman–Crippen MR) is 97.4 cm³/mol. The van der Waals surface area contributed by atoms with Crippen LogP contribution in [-0.2, 0) is 6.54 Å². The number of hydrogen-bond donors (Lipinski definition) is 0. The molecule has 4 aromatic rings. The maximum absolute atomic E-state index is 4.64. The first-order valence-electron chi connectivity index (χ1n) is 8.65. The Balaban J connectivity index is 1.48. The highest BCUT2D eigenvalue weighted by Gasteiger charge is 2.42. The maximum atomic E-state index is 4.64. The van der Waals surface area contributed by atoms with Crippen LogP contribution < -0.4 is 0 Å².